The van der Waals surface area contributed by atoms with E-state index in [1.807, 2.05) is 36.9 Å². The van der Waals surface area contributed by atoms with Crippen molar-refractivity contribution < 1.29 is 4.79 Å². The van der Waals surface area contributed by atoms with Gasteiger partial charge in [-0.05, 0) is 50.8 Å². The minimum absolute atomic E-state index is 0.0431. The zero-order chi connectivity index (χ0) is 20.0. The molecule has 3 heterocycles. The first kappa shape index (κ1) is 19.2. The van der Waals surface area contributed by atoms with Gasteiger partial charge in [0.1, 0.15) is 4.83 Å². The lowest BCUT2D eigenvalue weighted by Crippen LogP contribution is -2.43. The average Bonchev–Trinajstić information content (AvgIpc) is 2.97. The van der Waals surface area contributed by atoms with Gasteiger partial charge < -0.3 is 4.90 Å². The SMILES string of the molecule is Cc1sc2nc(SCC(=O)N3c4ccccc4CCC3C)n(C)c(=O)c2c1C. The summed E-state index contributed by atoms with van der Waals surface area (Å²) >= 11 is 2.87. The molecule has 1 aliphatic rings. The molecule has 0 fully saturated rings. The first-order valence-electron chi connectivity index (χ1n) is 9.38. The number of para-hydroxylation sites is 1. The highest BCUT2D eigenvalue weighted by Crippen LogP contribution is 2.32. The number of thiophene rings is 1. The van der Waals surface area contributed by atoms with Crippen LogP contribution < -0.4 is 10.5 Å². The van der Waals surface area contributed by atoms with E-state index >= 15 is 0 Å². The highest BCUT2D eigenvalue weighted by atomic mass is 32.2. The molecular weight excluding hydrogens is 390 g/mol. The Kier molecular flexibility index (Phi) is 5.05. The van der Waals surface area contributed by atoms with Crippen LogP contribution in [-0.4, -0.2) is 27.3 Å². The molecule has 28 heavy (non-hydrogen) atoms. The monoisotopic (exact) mass is 413 g/mol. The third-order valence-corrected chi connectivity index (χ3v) is 7.60. The summed E-state index contributed by atoms with van der Waals surface area (Å²) in [5.41, 5.74) is 3.18. The first-order chi connectivity index (χ1) is 13.4. The molecule has 7 heteroatoms. The van der Waals surface area contributed by atoms with E-state index < -0.39 is 0 Å². The molecule has 1 atom stereocenters. The molecule has 5 nitrogen and oxygen atoms in total. The Balaban J connectivity index is 1.61. The number of carbonyl (C=O) groups is 1. The van der Waals surface area contributed by atoms with Gasteiger partial charge in [-0.2, -0.15) is 0 Å². The summed E-state index contributed by atoms with van der Waals surface area (Å²) in [6, 6.07) is 8.28. The molecule has 2 aromatic heterocycles. The topological polar surface area (TPSA) is 55.2 Å². The van der Waals surface area contributed by atoms with Gasteiger partial charge in [-0.1, -0.05) is 30.0 Å². The van der Waals surface area contributed by atoms with E-state index in [0.717, 1.165) is 33.8 Å². The number of aromatic nitrogens is 2. The Labute approximate surface area is 172 Å². The van der Waals surface area contributed by atoms with Crippen molar-refractivity contribution in [2.75, 3.05) is 10.7 Å². The molecule has 1 aromatic carbocycles. The molecule has 4 rings (SSSR count). The van der Waals surface area contributed by atoms with E-state index in [2.05, 4.69) is 18.0 Å². The van der Waals surface area contributed by atoms with E-state index in [9.17, 15) is 9.59 Å². The second-order valence-corrected chi connectivity index (χ2v) is 9.44. The number of benzene rings is 1. The molecular formula is C21H23N3O2S2. The van der Waals surface area contributed by atoms with E-state index in [1.54, 1.807) is 11.6 Å². The van der Waals surface area contributed by atoms with Gasteiger partial charge in [-0.15, -0.1) is 11.3 Å². The van der Waals surface area contributed by atoms with Crippen molar-refractivity contribution in [3.05, 3.63) is 50.6 Å². The highest BCUT2D eigenvalue weighted by molar-refractivity contribution is 7.99. The zero-order valence-corrected chi connectivity index (χ0v) is 18.1. The number of rotatable bonds is 3. The third-order valence-electron chi connectivity index (χ3n) is 5.49. The number of aryl methyl sites for hydroxylation is 3. The summed E-state index contributed by atoms with van der Waals surface area (Å²) in [6.45, 7) is 6.06. The van der Waals surface area contributed by atoms with Gasteiger partial charge in [-0.25, -0.2) is 4.98 Å². The molecule has 0 bridgehead atoms. The van der Waals surface area contributed by atoms with Crippen molar-refractivity contribution in [2.45, 2.75) is 44.8 Å². The fourth-order valence-corrected chi connectivity index (χ4v) is 5.65. The van der Waals surface area contributed by atoms with E-state index in [4.69, 9.17) is 0 Å². The summed E-state index contributed by atoms with van der Waals surface area (Å²) < 4.78 is 1.56. The first-order valence-corrected chi connectivity index (χ1v) is 11.2. The number of thioether (sulfide) groups is 1. The lowest BCUT2D eigenvalue weighted by molar-refractivity contribution is -0.116. The maximum absolute atomic E-state index is 13.1. The molecule has 146 valence electrons. The van der Waals surface area contributed by atoms with Crippen molar-refractivity contribution in [3.63, 3.8) is 0 Å². The summed E-state index contributed by atoms with van der Waals surface area (Å²) in [5.74, 6) is 0.311. The number of hydrogen-bond acceptors (Lipinski definition) is 5. The number of carbonyl (C=O) groups excluding carboxylic acids is 1. The van der Waals surface area contributed by atoms with Gasteiger partial charge in [0.25, 0.3) is 5.56 Å². The van der Waals surface area contributed by atoms with Crippen LogP contribution in [0.2, 0.25) is 0 Å². The number of nitrogens with zero attached hydrogens (tertiary/aromatic N) is 3. The van der Waals surface area contributed by atoms with Crippen LogP contribution in [0, 0.1) is 13.8 Å². The Morgan fingerprint density at radius 1 is 1.32 bits per heavy atom. The second-order valence-electron chi connectivity index (χ2n) is 7.29. The number of amides is 1. The fraction of sp³-hybridized carbons (Fsp3) is 0.381. The van der Waals surface area contributed by atoms with Crippen molar-refractivity contribution in [1.82, 2.24) is 9.55 Å². The number of anilines is 1. The van der Waals surface area contributed by atoms with Crippen LogP contribution in [-0.2, 0) is 18.3 Å². The van der Waals surface area contributed by atoms with Gasteiger partial charge in [0.05, 0.1) is 11.1 Å². The largest absolute Gasteiger partial charge is 0.309 e. The lowest BCUT2D eigenvalue weighted by Gasteiger charge is -2.35. The summed E-state index contributed by atoms with van der Waals surface area (Å²) in [5, 5.41) is 1.28. The van der Waals surface area contributed by atoms with Gasteiger partial charge >= 0.3 is 0 Å². The van der Waals surface area contributed by atoms with Gasteiger partial charge in [-0.3, -0.25) is 14.2 Å². The molecule has 1 aliphatic heterocycles. The van der Waals surface area contributed by atoms with Crippen molar-refractivity contribution in [3.8, 4) is 0 Å². The normalized spacial score (nSPS) is 16.4. The Morgan fingerprint density at radius 2 is 2.07 bits per heavy atom. The van der Waals surface area contributed by atoms with Crippen LogP contribution in [0.25, 0.3) is 10.2 Å². The smallest absolute Gasteiger partial charge is 0.262 e. The molecule has 3 aromatic rings. The lowest BCUT2D eigenvalue weighted by atomic mass is 9.97. The van der Waals surface area contributed by atoms with E-state index in [0.29, 0.717) is 10.5 Å². The molecule has 0 radical (unpaired) electrons. The van der Waals surface area contributed by atoms with Gasteiger partial charge in [0.2, 0.25) is 5.91 Å². The van der Waals surface area contributed by atoms with Gasteiger partial charge in [0.15, 0.2) is 5.16 Å². The molecule has 0 saturated carbocycles. The molecule has 0 spiro atoms. The van der Waals surface area contributed by atoms with Gasteiger partial charge in [0, 0.05) is 23.7 Å². The summed E-state index contributed by atoms with van der Waals surface area (Å²) in [7, 11) is 1.73. The van der Waals surface area contributed by atoms with Crippen molar-refractivity contribution in [1.29, 1.82) is 0 Å². The maximum Gasteiger partial charge on any atom is 0.262 e. The molecule has 1 unspecified atom stereocenters. The minimum atomic E-state index is -0.0431. The van der Waals surface area contributed by atoms with Crippen LogP contribution in [0.4, 0.5) is 5.69 Å². The second kappa shape index (κ2) is 7.37. The average molecular weight is 414 g/mol. The maximum atomic E-state index is 13.1. The Morgan fingerprint density at radius 3 is 2.86 bits per heavy atom. The zero-order valence-electron chi connectivity index (χ0n) is 16.5. The van der Waals surface area contributed by atoms with Crippen LogP contribution in [0.3, 0.4) is 0 Å². The van der Waals surface area contributed by atoms with E-state index in [-0.39, 0.29) is 23.3 Å². The van der Waals surface area contributed by atoms with E-state index in [1.165, 1.54) is 28.7 Å². The summed E-state index contributed by atoms with van der Waals surface area (Å²) in [4.78, 5) is 34.3. The van der Waals surface area contributed by atoms with Crippen LogP contribution >= 0.6 is 23.1 Å². The number of fused-ring (bicyclic) bond motifs is 2. The van der Waals surface area contributed by atoms with Crippen LogP contribution in [0.15, 0.2) is 34.2 Å². The fourth-order valence-electron chi connectivity index (χ4n) is 3.75. The quantitative estimate of drug-likeness (QED) is 0.480. The van der Waals surface area contributed by atoms with Crippen molar-refractivity contribution >= 4 is 44.9 Å². The Bertz CT molecular complexity index is 1130. The van der Waals surface area contributed by atoms with Crippen LogP contribution in [0.5, 0.6) is 0 Å². The van der Waals surface area contributed by atoms with Crippen LogP contribution in [0.1, 0.15) is 29.3 Å². The molecule has 0 N–H and O–H groups in total. The standard InChI is InChI=1S/C21H23N3O2S2/c1-12-9-10-15-7-5-6-8-16(15)24(12)17(25)11-27-21-22-19-18(20(26)23(21)4)13(2)14(3)28-19/h5-8,12H,9-11H2,1-4H3. The highest BCUT2D eigenvalue weighted by Gasteiger charge is 2.28. The molecule has 1 amide bonds. The summed E-state index contributed by atoms with van der Waals surface area (Å²) in [6.07, 6.45) is 1.96. The number of hydrogen-bond donors (Lipinski definition) is 0. The minimum Gasteiger partial charge on any atom is -0.309 e. The predicted molar refractivity (Wildman–Crippen MR) is 117 cm³/mol. The predicted octanol–water partition coefficient (Wildman–Crippen LogP) is 4.07. The molecule has 0 saturated heterocycles. The Hall–Kier alpha value is -2.12. The third kappa shape index (κ3) is 3.16. The molecule has 0 aliphatic carbocycles. The van der Waals surface area contributed by atoms with Crippen molar-refractivity contribution in [2.24, 2.45) is 7.05 Å².